The Kier molecular flexibility index (Phi) is 5.80. The zero-order chi connectivity index (χ0) is 20.5. The molecule has 0 aliphatic heterocycles. The van der Waals surface area contributed by atoms with Crippen molar-refractivity contribution in [2.45, 2.75) is 64.2 Å². The predicted molar refractivity (Wildman–Crippen MR) is 108 cm³/mol. The largest absolute Gasteiger partial charge is 0.206 e. The van der Waals surface area contributed by atoms with Gasteiger partial charge in [-0.05, 0) is 90.8 Å². The molecule has 2 aliphatic carbocycles. The fourth-order valence-corrected chi connectivity index (χ4v) is 5.04. The van der Waals surface area contributed by atoms with Crippen molar-refractivity contribution in [3.05, 3.63) is 75.9 Å². The Labute approximate surface area is 169 Å². The Morgan fingerprint density at radius 3 is 2.24 bits per heavy atom. The van der Waals surface area contributed by atoms with Crippen LogP contribution in [0.15, 0.2) is 30.3 Å². The fraction of sp³-hybridized carbons (Fsp3) is 0.440. The van der Waals surface area contributed by atoms with Crippen molar-refractivity contribution in [3.63, 3.8) is 0 Å². The summed E-state index contributed by atoms with van der Waals surface area (Å²) in [6, 6.07) is 5.52. The molecule has 0 bridgehead atoms. The van der Waals surface area contributed by atoms with Gasteiger partial charge in [-0.1, -0.05) is 31.9 Å². The molecule has 0 amide bonds. The first-order chi connectivity index (χ1) is 14.0. The summed E-state index contributed by atoms with van der Waals surface area (Å²) in [7, 11) is 0. The van der Waals surface area contributed by atoms with Crippen molar-refractivity contribution in [1.82, 2.24) is 0 Å². The van der Waals surface area contributed by atoms with Crippen molar-refractivity contribution in [1.29, 1.82) is 0 Å². The van der Waals surface area contributed by atoms with Crippen LogP contribution in [0, 0.1) is 29.2 Å². The van der Waals surface area contributed by atoms with Gasteiger partial charge >= 0.3 is 0 Å². The number of rotatable bonds is 4. The van der Waals surface area contributed by atoms with E-state index in [2.05, 4.69) is 6.92 Å². The standard InChI is InChI=1S/C25H26F4/c1-2-3-15-4-6-16(7-5-15)19-13-22(27)24(23(28)14-19)18-8-10-20-17(12-18)9-11-21(26)25(20)29/h8-9,11,13-16H,2-7,10,12H2,1H3. The molecule has 2 aromatic rings. The van der Waals surface area contributed by atoms with E-state index >= 15 is 0 Å². The highest BCUT2D eigenvalue weighted by atomic mass is 19.2. The van der Waals surface area contributed by atoms with Crippen LogP contribution in [-0.2, 0) is 12.8 Å². The van der Waals surface area contributed by atoms with Crippen LogP contribution in [0.2, 0.25) is 0 Å². The summed E-state index contributed by atoms with van der Waals surface area (Å²) in [6.07, 6.45) is 8.55. The molecule has 154 valence electrons. The highest BCUT2D eigenvalue weighted by Gasteiger charge is 2.26. The molecule has 0 atom stereocenters. The Morgan fingerprint density at radius 2 is 1.59 bits per heavy atom. The van der Waals surface area contributed by atoms with E-state index in [1.807, 2.05) is 0 Å². The van der Waals surface area contributed by atoms with Gasteiger partial charge in [-0.2, -0.15) is 0 Å². The van der Waals surface area contributed by atoms with Gasteiger partial charge in [0, 0.05) is 5.56 Å². The topological polar surface area (TPSA) is 0 Å². The van der Waals surface area contributed by atoms with E-state index in [4.69, 9.17) is 0 Å². The summed E-state index contributed by atoms with van der Waals surface area (Å²) in [4.78, 5) is 0. The molecule has 0 radical (unpaired) electrons. The summed E-state index contributed by atoms with van der Waals surface area (Å²) in [6.45, 7) is 2.19. The van der Waals surface area contributed by atoms with Crippen LogP contribution < -0.4 is 0 Å². The minimum absolute atomic E-state index is 0.0381. The number of hydrogen-bond acceptors (Lipinski definition) is 0. The van der Waals surface area contributed by atoms with Gasteiger partial charge in [-0.15, -0.1) is 0 Å². The SMILES string of the molecule is CCCC1CCC(c2cc(F)c(C3=CCc4c(ccc(F)c4F)C3)c(F)c2)CC1. The quantitative estimate of drug-likeness (QED) is 0.465. The molecule has 0 N–H and O–H groups in total. The van der Waals surface area contributed by atoms with Crippen molar-refractivity contribution in [2.75, 3.05) is 0 Å². The first kappa shape index (κ1) is 20.2. The van der Waals surface area contributed by atoms with Crippen molar-refractivity contribution >= 4 is 5.57 Å². The molecule has 2 aliphatic rings. The third kappa shape index (κ3) is 3.99. The Morgan fingerprint density at radius 1 is 0.897 bits per heavy atom. The average molecular weight is 402 g/mol. The smallest absolute Gasteiger partial charge is 0.162 e. The second-order valence-electron chi connectivity index (χ2n) is 8.48. The number of halogens is 4. The molecule has 0 unspecified atom stereocenters. The molecule has 4 heteroatoms. The maximum atomic E-state index is 15.0. The van der Waals surface area contributed by atoms with Gasteiger partial charge in [0.2, 0.25) is 0 Å². The lowest BCUT2D eigenvalue weighted by Crippen LogP contribution is -2.14. The molecule has 0 spiro atoms. The summed E-state index contributed by atoms with van der Waals surface area (Å²) < 4.78 is 57.3. The Bertz CT molecular complexity index is 913. The van der Waals surface area contributed by atoms with Gasteiger partial charge in [-0.25, -0.2) is 17.6 Å². The van der Waals surface area contributed by atoms with Gasteiger partial charge in [0.05, 0.1) is 0 Å². The molecular weight excluding hydrogens is 376 g/mol. The molecule has 1 fully saturated rings. The van der Waals surface area contributed by atoms with Crippen molar-refractivity contribution in [3.8, 4) is 0 Å². The lowest BCUT2D eigenvalue weighted by atomic mass is 9.77. The maximum absolute atomic E-state index is 15.0. The van der Waals surface area contributed by atoms with Crippen LogP contribution in [0.3, 0.4) is 0 Å². The predicted octanol–water partition coefficient (Wildman–Crippen LogP) is 7.50. The van der Waals surface area contributed by atoms with Gasteiger partial charge in [0.1, 0.15) is 11.6 Å². The molecule has 0 heterocycles. The third-order valence-electron chi connectivity index (χ3n) is 6.63. The molecule has 1 saturated carbocycles. The number of fused-ring (bicyclic) bond motifs is 1. The average Bonchev–Trinajstić information content (AvgIpc) is 2.71. The maximum Gasteiger partial charge on any atom is 0.162 e. The van der Waals surface area contributed by atoms with Crippen LogP contribution in [0.25, 0.3) is 5.57 Å². The summed E-state index contributed by atoms with van der Waals surface area (Å²) in [5, 5.41) is 0. The van der Waals surface area contributed by atoms with Crippen LogP contribution in [0.4, 0.5) is 17.6 Å². The molecule has 0 saturated heterocycles. The second-order valence-corrected chi connectivity index (χ2v) is 8.48. The van der Waals surface area contributed by atoms with Gasteiger partial charge in [-0.3, -0.25) is 0 Å². The second kappa shape index (κ2) is 8.33. The first-order valence-electron chi connectivity index (χ1n) is 10.6. The first-order valence-corrected chi connectivity index (χ1v) is 10.6. The van der Waals surface area contributed by atoms with Crippen molar-refractivity contribution in [2.24, 2.45) is 5.92 Å². The highest BCUT2D eigenvalue weighted by molar-refractivity contribution is 5.71. The lowest BCUT2D eigenvalue weighted by Gasteiger charge is -2.29. The molecule has 4 rings (SSSR count). The van der Waals surface area contributed by atoms with E-state index in [-0.39, 0.29) is 29.9 Å². The highest BCUT2D eigenvalue weighted by Crippen LogP contribution is 2.39. The zero-order valence-corrected chi connectivity index (χ0v) is 16.7. The number of allylic oxidation sites excluding steroid dienone is 2. The Balaban J connectivity index is 1.56. The minimum atomic E-state index is -0.893. The molecule has 0 nitrogen and oxygen atoms in total. The van der Waals surface area contributed by atoms with Crippen LogP contribution >= 0.6 is 0 Å². The summed E-state index contributed by atoms with van der Waals surface area (Å²) in [5.41, 5.74) is 2.05. The molecule has 0 aromatic heterocycles. The number of benzene rings is 2. The van der Waals surface area contributed by atoms with Gasteiger partial charge in [0.25, 0.3) is 0 Å². The number of hydrogen-bond donors (Lipinski definition) is 0. The minimum Gasteiger partial charge on any atom is -0.206 e. The fourth-order valence-electron chi connectivity index (χ4n) is 5.04. The lowest BCUT2D eigenvalue weighted by molar-refractivity contribution is 0.307. The van der Waals surface area contributed by atoms with E-state index < -0.39 is 23.3 Å². The van der Waals surface area contributed by atoms with E-state index in [9.17, 15) is 17.6 Å². The Hall–Kier alpha value is -2.10. The summed E-state index contributed by atoms with van der Waals surface area (Å²) >= 11 is 0. The molecule has 2 aromatic carbocycles. The van der Waals surface area contributed by atoms with E-state index in [1.165, 1.54) is 31.0 Å². The van der Waals surface area contributed by atoms with Crippen molar-refractivity contribution < 1.29 is 17.6 Å². The zero-order valence-electron chi connectivity index (χ0n) is 16.7. The van der Waals surface area contributed by atoms with Gasteiger partial charge < -0.3 is 0 Å². The van der Waals surface area contributed by atoms with E-state index in [0.29, 0.717) is 11.1 Å². The van der Waals surface area contributed by atoms with E-state index in [1.54, 1.807) is 6.08 Å². The van der Waals surface area contributed by atoms with Crippen LogP contribution in [0.5, 0.6) is 0 Å². The third-order valence-corrected chi connectivity index (χ3v) is 6.63. The molecule has 29 heavy (non-hydrogen) atoms. The van der Waals surface area contributed by atoms with Gasteiger partial charge in [0.15, 0.2) is 11.6 Å². The monoisotopic (exact) mass is 402 g/mol. The van der Waals surface area contributed by atoms with Crippen LogP contribution in [0.1, 0.15) is 73.6 Å². The van der Waals surface area contributed by atoms with Crippen LogP contribution in [-0.4, -0.2) is 0 Å². The normalized spacial score (nSPS) is 21.6. The van der Waals surface area contributed by atoms with E-state index in [0.717, 1.165) is 43.2 Å². The molecular formula is C25H26F4. The summed E-state index contributed by atoms with van der Waals surface area (Å²) in [5.74, 6) is -1.94.